The molecule has 2 N–H and O–H groups in total. The highest BCUT2D eigenvalue weighted by Gasteiger charge is 2.20. The number of methoxy groups -OCH3 is 2. The molecule has 0 aliphatic rings. The van der Waals surface area contributed by atoms with Crippen LogP contribution in [0.15, 0.2) is 23.1 Å². The Balaban J connectivity index is 2.96. The van der Waals surface area contributed by atoms with E-state index in [-0.39, 0.29) is 22.8 Å². The molecular weight excluding hydrogens is 286 g/mol. The topological polar surface area (TPSA) is 102 Å². The van der Waals surface area contributed by atoms with Crippen molar-refractivity contribution in [2.75, 3.05) is 27.4 Å². The minimum absolute atomic E-state index is 0.0101. The summed E-state index contributed by atoms with van der Waals surface area (Å²) in [6.07, 6.45) is 0.533. The Morgan fingerprint density at radius 2 is 2.05 bits per heavy atom. The Morgan fingerprint density at radius 1 is 1.35 bits per heavy atom. The van der Waals surface area contributed by atoms with Gasteiger partial charge in [0.05, 0.1) is 12.7 Å². The molecule has 1 aromatic rings. The van der Waals surface area contributed by atoms with Crippen LogP contribution in [0.1, 0.15) is 16.8 Å². The number of aromatic carboxylic acids is 1. The summed E-state index contributed by atoms with van der Waals surface area (Å²) < 4.78 is 36.3. The lowest BCUT2D eigenvalue weighted by Gasteiger charge is -2.11. The number of benzene rings is 1. The standard InChI is InChI=1S/C12H17NO6S/c1-18-7-3-6-13-20(16,17)11-5-4-9(12(14)15)8-10(11)19-2/h4-5,8,13H,3,6-7H2,1-2H3,(H,14,15). The van der Waals surface area contributed by atoms with Crippen LogP contribution in [0.25, 0.3) is 0 Å². The molecule has 0 amide bonds. The first kappa shape index (κ1) is 16.4. The molecule has 0 radical (unpaired) electrons. The molecule has 0 saturated carbocycles. The molecule has 0 aliphatic carbocycles. The van der Waals surface area contributed by atoms with E-state index in [1.54, 1.807) is 0 Å². The van der Waals surface area contributed by atoms with Crippen molar-refractivity contribution in [3.63, 3.8) is 0 Å². The van der Waals surface area contributed by atoms with E-state index in [1.165, 1.54) is 32.4 Å². The molecule has 0 spiro atoms. The number of ether oxygens (including phenoxy) is 2. The number of rotatable bonds is 8. The van der Waals surface area contributed by atoms with Crippen molar-refractivity contribution in [3.8, 4) is 5.75 Å². The van der Waals surface area contributed by atoms with Crippen LogP contribution in [0, 0.1) is 0 Å². The summed E-state index contributed by atoms with van der Waals surface area (Å²) in [6, 6.07) is 3.60. The van der Waals surface area contributed by atoms with Crippen LogP contribution >= 0.6 is 0 Å². The van der Waals surface area contributed by atoms with Gasteiger partial charge in [-0.1, -0.05) is 0 Å². The maximum atomic E-state index is 12.1. The molecule has 0 saturated heterocycles. The highest BCUT2D eigenvalue weighted by atomic mass is 32.2. The van der Waals surface area contributed by atoms with Crippen molar-refractivity contribution in [3.05, 3.63) is 23.8 Å². The third kappa shape index (κ3) is 4.19. The zero-order valence-corrected chi connectivity index (χ0v) is 12.1. The Kier molecular flexibility index (Phi) is 5.93. The first-order valence-corrected chi connectivity index (χ1v) is 7.30. The second kappa shape index (κ2) is 7.22. The number of carboxylic acid groups (broad SMARTS) is 1. The van der Waals surface area contributed by atoms with Gasteiger partial charge in [0, 0.05) is 20.3 Å². The molecule has 0 unspecified atom stereocenters. The molecule has 112 valence electrons. The predicted molar refractivity (Wildman–Crippen MR) is 71.6 cm³/mol. The predicted octanol–water partition coefficient (Wildman–Crippen LogP) is 0.708. The largest absolute Gasteiger partial charge is 0.495 e. The summed E-state index contributed by atoms with van der Waals surface area (Å²) in [5.74, 6) is -1.16. The fraction of sp³-hybridized carbons (Fsp3) is 0.417. The van der Waals surface area contributed by atoms with E-state index in [0.717, 1.165) is 0 Å². The van der Waals surface area contributed by atoms with Crippen LogP contribution in [0.2, 0.25) is 0 Å². The van der Waals surface area contributed by atoms with Crippen molar-refractivity contribution < 1.29 is 27.8 Å². The number of carbonyl (C=O) groups is 1. The van der Waals surface area contributed by atoms with Crippen LogP contribution in [0.4, 0.5) is 0 Å². The number of hydrogen-bond donors (Lipinski definition) is 2. The molecule has 0 atom stereocenters. The Hall–Kier alpha value is -1.64. The van der Waals surface area contributed by atoms with Gasteiger partial charge in [0.15, 0.2) is 0 Å². The average molecular weight is 303 g/mol. The molecule has 8 heteroatoms. The third-order valence-corrected chi connectivity index (χ3v) is 4.02. The molecular formula is C12H17NO6S. The van der Waals surface area contributed by atoms with E-state index in [9.17, 15) is 13.2 Å². The molecule has 0 aromatic heterocycles. The molecule has 20 heavy (non-hydrogen) atoms. The van der Waals surface area contributed by atoms with E-state index < -0.39 is 16.0 Å². The molecule has 0 heterocycles. The summed E-state index contributed by atoms with van der Waals surface area (Å²) in [7, 11) is -0.937. The third-order valence-electron chi connectivity index (χ3n) is 2.52. The minimum atomic E-state index is -3.75. The fourth-order valence-electron chi connectivity index (χ4n) is 1.52. The second-order valence-electron chi connectivity index (χ2n) is 3.91. The van der Waals surface area contributed by atoms with Gasteiger partial charge in [-0.05, 0) is 24.6 Å². The molecule has 7 nitrogen and oxygen atoms in total. The molecule has 0 aliphatic heterocycles. The van der Waals surface area contributed by atoms with Gasteiger partial charge in [-0.15, -0.1) is 0 Å². The van der Waals surface area contributed by atoms with Crippen molar-refractivity contribution >= 4 is 16.0 Å². The normalized spacial score (nSPS) is 11.3. The van der Waals surface area contributed by atoms with Crippen LogP contribution in [-0.2, 0) is 14.8 Å². The number of carboxylic acids is 1. The first-order chi connectivity index (χ1) is 9.42. The molecule has 1 aromatic carbocycles. The van der Waals surface area contributed by atoms with E-state index in [2.05, 4.69) is 4.72 Å². The van der Waals surface area contributed by atoms with Gasteiger partial charge in [-0.25, -0.2) is 17.9 Å². The monoisotopic (exact) mass is 303 g/mol. The quantitative estimate of drug-likeness (QED) is 0.686. The molecule has 0 bridgehead atoms. The lowest BCUT2D eigenvalue weighted by molar-refractivity contribution is 0.0696. The summed E-state index contributed by atoms with van der Waals surface area (Å²) >= 11 is 0. The van der Waals surface area contributed by atoms with Gasteiger partial charge in [0.1, 0.15) is 10.6 Å². The van der Waals surface area contributed by atoms with E-state index in [4.69, 9.17) is 14.6 Å². The number of hydrogen-bond acceptors (Lipinski definition) is 5. The van der Waals surface area contributed by atoms with Gasteiger partial charge in [-0.3, -0.25) is 0 Å². The van der Waals surface area contributed by atoms with Gasteiger partial charge >= 0.3 is 5.97 Å². The Morgan fingerprint density at radius 3 is 2.60 bits per heavy atom. The number of nitrogens with one attached hydrogen (secondary N) is 1. The zero-order valence-electron chi connectivity index (χ0n) is 11.3. The second-order valence-corrected chi connectivity index (χ2v) is 5.65. The van der Waals surface area contributed by atoms with Crippen LogP contribution < -0.4 is 9.46 Å². The molecule has 1 rings (SSSR count). The zero-order chi connectivity index (χ0) is 15.2. The van der Waals surface area contributed by atoms with Crippen molar-refractivity contribution in [2.24, 2.45) is 0 Å². The van der Waals surface area contributed by atoms with Gasteiger partial charge < -0.3 is 14.6 Å². The van der Waals surface area contributed by atoms with Crippen LogP contribution in [0.3, 0.4) is 0 Å². The van der Waals surface area contributed by atoms with E-state index >= 15 is 0 Å². The SMILES string of the molecule is COCCCNS(=O)(=O)c1ccc(C(=O)O)cc1OC. The van der Waals surface area contributed by atoms with E-state index in [1.807, 2.05) is 0 Å². The highest BCUT2D eigenvalue weighted by Crippen LogP contribution is 2.24. The van der Waals surface area contributed by atoms with E-state index in [0.29, 0.717) is 13.0 Å². The minimum Gasteiger partial charge on any atom is -0.495 e. The van der Waals surface area contributed by atoms with Crippen LogP contribution in [-0.4, -0.2) is 46.9 Å². The van der Waals surface area contributed by atoms with Crippen molar-refractivity contribution in [1.82, 2.24) is 4.72 Å². The Labute approximate surface area is 117 Å². The summed E-state index contributed by atoms with van der Waals surface area (Å²) in [5, 5.41) is 8.86. The van der Waals surface area contributed by atoms with Gasteiger partial charge in [-0.2, -0.15) is 0 Å². The average Bonchev–Trinajstić information content (AvgIpc) is 2.42. The van der Waals surface area contributed by atoms with Gasteiger partial charge in [0.25, 0.3) is 0 Å². The lowest BCUT2D eigenvalue weighted by atomic mass is 10.2. The lowest BCUT2D eigenvalue weighted by Crippen LogP contribution is -2.26. The summed E-state index contributed by atoms with van der Waals surface area (Å²) in [6.45, 7) is 0.664. The summed E-state index contributed by atoms with van der Waals surface area (Å²) in [5.41, 5.74) is -0.0415. The van der Waals surface area contributed by atoms with Gasteiger partial charge in [0.2, 0.25) is 10.0 Å². The fourth-order valence-corrected chi connectivity index (χ4v) is 2.75. The highest BCUT2D eigenvalue weighted by molar-refractivity contribution is 7.89. The van der Waals surface area contributed by atoms with Crippen LogP contribution in [0.5, 0.6) is 5.75 Å². The molecule has 0 fully saturated rings. The summed E-state index contributed by atoms with van der Waals surface area (Å²) in [4.78, 5) is 10.7. The smallest absolute Gasteiger partial charge is 0.335 e. The maximum absolute atomic E-state index is 12.1. The van der Waals surface area contributed by atoms with Crippen molar-refractivity contribution in [2.45, 2.75) is 11.3 Å². The number of sulfonamides is 1. The Bertz CT molecular complexity index is 569. The maximum Gasteiger partial charge on any atom is 0.335 e. The first-order valence-electron chi connectivity index (χ1n) is 5.82. The van der Waals surface area contributed by atoms with Crippen molar-refractivity contribution in [1.29, 1.82) is 0 Å².